The van der Waals surface area contributed by atoms with E-state index in [4.69, 9.17) is 5.73 Å². The lowest BCUT2D eigenvalue weighted by molar-refractivity contribution is 0.268. The fraction of sp³-hybridized carbons (Fsp3) is 0.579. The van der Waals surface area contributed by atoms with E-state index in [0.717, 1.165) is 6.54 Å². The summed E-state index contributed by atoms with van der Waals surface area (Å²) in [6.45, 7) is 8.73. The van der Waals surface area contributed by atoms with Crippen molar-refractivity contribution < 1.29 is 0 Å². The van der Waals surface area contributed by atoms with E-state index >= 15 is 0 Å². The van der Waals surface area contributed by atoms with Gasteiger partial charge in [0.15, 0.2) is 0 Å². The average Bonchev–Trinajstić information content (AvgIpc) is 2.67. The van der Waals surface area contributed by atoms with Crippen molar-refractivity contribution in [2.75, 3.05) is 13.1 Å². The Bertz CT molecular complexity index is 619. The molecule has 2 N–H and O–H groups in total. The number of hydrogen-bond acceptors (Lipinski definition) is 2. The summed E-state index contributed by atoms with van der Waals surface area (Å²) in [6, 6.07) is 9.50. The number of hydrogen-bond donors (Lipinski definition) is 1. The Hall–Kier alpha value is -1.32. The van der Waals surface area contributed by atoms with E-state index < -0.39 is 0 Å². The molecule has 1 aliphatic rings. The van der Waals surface area contributed by atoms with E-state index in [1.165, 1.54) is 60.9 Å². The third-order valence-electron chi connectivity index (χ3n) is 4.82. The fourth-order valence-electron chi connectivity index (χ4n) is 3.71. The van der Waals surface area contributed by atoms with Crippen LogP contribution in [0.1, 0.15) is 56.8 Å². The predicted molar refractivity (Wildman–Crippen MR) is 94.0 cm³/mol. The number of benzene rings is 1. The number of aromatic nitrogens is 1. The Morgan fingerprint density at radius 2 is 1.77 bits per heavy atom. The standard InChI is InChI=1S/C19H29N3/c1-15(2)22-18(14-21-9-5-3-4-6-10-21)12-17-8-7-16(13-20)11-19(17)22/h7-8,11-12,15H,3-6,9-10,13-14,20H2,1-2H3. The van der Waals surface area contributed by atoms with Crippen LogP contribution in [-0.2, 0) is 13.1 Å². The molecule has 1 aromatic carbocycles. The number of rotatable bonds is 4. The van der Waals surface area contributed by atoms with Gasteiger partial charge >= 0.3 is 0 Å². The third-order valence-corrected chi connectivity index (χ3v) is 4.82. The summed E-state index contributed by atoms with van der Waals surface area (Å²) in [5, 5.41) is 1.34. The van der Waals surface area contributed by atoms with Crippen molar-refractivity contribution >= 4 is 10.9 Å². The normalized spacial score (nSPS) is 17.3. The number of nitrogens with two attached hydrogens (primary N) is 1. The van der Waals surface area contributed by atoms with Crippen LogP contribution in [0.2, 0.25) is 0 Å². The zero-order valence-electron chi connectivity index (χ0n) is 14.0. The molecular formula is C19H29N3. The van der Waals surface area contributed by atoms with Gasteiger partial charge in [-0.3, -0.25) is 4.90 Å². The van der Waals surface area contributed by atoms with Crippen LogP contribution < -0.4 is 5.73 Å². The van der Waals surface area contributed by atoms with Gasteiger partial charge in [0.25, 0.3) is 0 Å². The minimum atomic E-state index is 0.479. The van der Waals surface area contributed by atoms with Crippen molar-refractivity contribution in [3.05, 3.63) is 35.5 Å². The van der Waals surface area contributed by atoms with Crippen LogP contribution in [0.5, 0.6) is 0 Å². The largest absolute Gasteiger partial charge is 0.341 e. The van der Waals surface area contributed by atoms with Crippen LogP contribution in [0, 0.1) is 0 Å². The molecule has 1 aliphatic heterocycles. The molecular weight excluding hydrogens is 270 g/mol. The summed E-state index contributed by atoms with van der Waals surface area (Å²) < 4.78 is 2.50. The lowest BCUT2D eigenvalue weighted by Crippen LogP contribution is -2.25. The highest BCUT2D eigenvalue weighted by molar-refractivity contribution is 5.82. The van der Waals surface area contributed by atoms with Crippen molar-refractivity contribution in [1.82, 2.24) is 9.47 Å². The van der Waals surface area contributed by atoms with Crippen LogP contribution in [0.3, 0.4) is 0 Å². The summed E-state index contributed by atoms with van der Waals surface area (Å²) >= 11 is 0. The van der Waals surface area contributed by atoms with Gasteiger partial charge in [-0.25, -0.2) is 0 Å². The molecule has 3 rings (SSSR count). The minimum absolute atomic E-state index is 0.479. The molecule has 0 unspecified atom stereocenters. The fourth-order valence-corrected chi connectivity index (χ4v) is 3.71. The van der Waals surface area contributed by atoms with Crippen LogP contribution >= 0.6 is 0 Å². The van der Waals surface area contributed by atoms with Crippen LogP contribution in [-0.4, -0.2) is 22.6 Å². The van der Waals surface area contributed by atoms with Crippen LogP contribution in [0.15, 0.2) is 24.3 Å². The van der Waals surface area contributed by atoms with Gasteiger partial charge in [0.05, 0.1) is 0 Å². The highest BCUT2D eigenvalue weighted by Gasteiger charge is 2.16. The molecule has 0 aliphatic carbocycles. The molecule has 0 saturated carbocycles. The monoisotopic (exact) mass is 299 g/mol. The third kappa shape index (κ3) is 3.21. The minimum Gasteiger partial charge on any atom is -0.341 e. The summed E-state index contributed by atoms with van der Waals surface area (Å²) in [4.78, 5) is 2.63. The Labute approximate surface area is 134 Å². The molecule has 0 radical (unpaired) electrons. The van der Waals surface area contributed by atoms with Gasteiger partial charge in [-0.1, -0.05) is 25.0 Å². The molecule has 3 heteroatoms. The van der Waals surface area contributed by atoms with Crippen LogP contribution in [0.25, 0.3) is 10.9 Å². The Morgan fingerprint density at radius 1 is 1.05 bits per heavy atom. The molecule has 22 heavy (non-hydrogen) atoms. The lowest BCUT2D eigenvalue weighted by atomic mass is 10.1. The van der Waals surface area contributed by atoms with Gasteiger partial charge in [-0.15, -0.1) is 0 Å². The van der Waals surface area contributed by atoms with E-state index in [-0.39, 0.29) is 0 Å². The lowest BCUT2D eigenvalue weighted by Gasteiger charge is -2.22. The van der Waals surface area contributed by atoms with E-state index in [9.17, 15) is 0 Å². The maximum absolute atomic E-state index is 5.82. The summed E-state index contributed by atoms with van der Waals surface area (Å²) in [5.74, 6) is 0. The highest BCUT2D eigenvalue weighted by Crippen LogP contribution is 2.27. The summed E-state index contributed by atoms with van der Waals surface area (Å²) in [5.41, 5.74) is 9.82. The molecule has 2 aromatic rings. The molecule has 3 nitrogen and oxygen atoms in total. The Balaban J connectivity index is 1.95. The maximum atomic E-state index is 5.82. The van der Waals surface area contributed by atoms with E-state index in [2.05, 4.69) is 47.6 Å². The molecule has 1 fully saturated rings. The maximum Gasteiger partial charge on any atom is 0.0488 e. The van der Waals surface area contributed by atoms with Crippen molar-refractivity contribution in [3.63, 3.8) is 0 Å². The second-order valence-electron chi connectivity index (χ2n) is 6.89. The number of fused-ring (bicyclic) bond motifs is 1. The van der Waals surface area contributed by atoms with Gasteiger partial charge < -0.3 is 10.3 Å². The van der Waals surface area contributed by atoms with Crippen LogP contribution in [0.4, 0.5) is 0 Å². The van der Waals surface area contributed by atoms with Crippen molar-refractivity contribution in [2.24, 2.45) is 5.73 Å². The molecule has 0 spiro atoms. The molecule has 1 saturated heterocycles. The first-order chi connectivity index (χ1) is 10.7. The second kappa shape index (κ2) is 6.84. The quantitative estimate of drug-likeness (QED) is 0.924. The SMILES string of the molecule is CC(C)n1c(CN2CCCCCC2)cc2ccc(CN)cc21. The summed E-state index contributed by atoms with van der Waals surface area (Å²) in [7, 11) is 0. The first kappa shape index (κ1) is 15.6. The zero-order chi connectivity index (χ0) is 15.5. The van der Waals surface area contributed by atoms with Gasteiger partial charge in [0, 0.05) is 30.3 Å². The van der Waals surface area contributed by atoms with E-state index in [1.807, 2.05) is 0 Å². The Kier molecular flexibility index (Phi) is 4.84. The zero-order valence-corrected chi connectivity index (χ0v) is 14.0. The van der Waals surface area contributed by atoms with E-state index in [0.29, 0.717) is 12.6 Å². The molecule has 2 heterocycles. The van der Waals surface area contributed by atoms with Crippen molar-refractivity contribution in [2.45, 2.75) is 58.7 Å². The van der Waals surface area contributed by atoms with Gasteiger partial charge in [-0.2, -0.15) is 0 Å². The number of nitrogens with zero attached hydrogens (tertiary/aromatic N) is 2. The highest BCUT2D eigenvalue weighted by atomic mass is 15.1. The first-order valence-electron chi connectivity index (χ1n) is 8.74. The Morgan fingerprint density at radius 3 is 2.41 bits per heavy atom. The number of likely N-dealkylation sites (tertiary alicyclic amines) is 1. The molecule has 120 valence electrons. The predicted octanol–water partition coefficient (Wildman–Crippen LogP) is 4.06. The smallest absolute Gasteiger partial charge is 0.0488 e. The molecule has 1 aromatic heterocycles. The molecule has 0 bridgehead atoms. The first-order valence-corrected chi connectivity index (χ1v) is 8.74. The second-order valence-corrected chi connectivity index (χ2v) is 6.89. The molecule has 0 amide bonds. The van der Waals surface area contributed by atoms with Crippen molar-refractivity contribution in [3.8, 4) is 0 Å². The van der Waals surface area contributed by atoms with Gasteiger partial charge in [0.1, 0.15) is 0 Å². The molecule has 0 atom stereocenters. The van der Waals surface area contributed by atoms with Crippen molar-refractivity contribution in [1.29, 1.82) is 0 Å². The van der Waals surface area contributed by atoms with Gasteiger partial charge in [0.2, 0.25) is 0 Å². The average molecular weight is 299 g/mol. The van der Waals surface area contributed by atoms with Gasteiger partial charge in [-0.05, 0) is 62.9 Å². The summed E-state index contributed by atoms with van der Waals surface area (Å²) in [6.07, 6.45) is 5.48. The topological polar surface area (TPSA) is 34.2 Å². The van der Waals surface area contributed by atoms with E-state index in [1.54, 1.807) is 0 Å².